The lowest BCUT2D eigenvalue weighted by Crippen LogP contribution is -1.92. The van der Waals surface area contributed by atoms with Crippen LogP contribution in [0.15, 0.2) is 36.9 Å². The molecule has 13 heavy (non-hydrogen) atoms. The third-order valence-electron chi connectivity index (χ3n) is 1.65. The zero-order valence-electron chi connectivity index (χ0n) is 6.70. The minimum absolute atomic E-state index is 0.517. The van der Waals surface area contributed by atoms with Crippen molar-refractivity contribution in [1.29, 1.82) is 5.39 Å². The number of hydrogen-bond donors (Lipinski definition) is 0. The molecule has 0 aliphatic carbocycles. The number of nitrogens with zero attached hydrogens (tertiary/aromatic N) is 5. The molecule has 1 heterocycles. The average molecular weight is 172 g/mol. The second-order valence-corrected chi connectivity index (χ2v) is 2.46. The maximum atomic E-state index is 8.45. The summed E-state index contributed by atoms with van der Waals surface area (Å²) < 4.78 is 1.63. The molecule has 0 radical (unpaired) electrons. The van der Waals surface area contributed by atoms with Crippen LogP contribution < -0.4 is 0 Å². The largest absolute Gasteiger partial charge is 0.385 e. The van der Waals surface area contributed by atoms with Gasteiger partial charge in [-0.25, -0.2) is 9.67 Å². The molecular weight excluding hydrogens is 166 g/mol. The van der Waals surface area contributed by atoms with E-state index in [-0.39, 0.29) is 0 Å². The first kappa shape index (κ1) is 7.43. The highest BCUT2D eigenvalue weighted by Gasteiger charge is 2.03. The quantitative estimate of drug-likeness (QED) is 0.615. The molecule has 1 aromatic carbocycles. The Morgan fingerprint density at radius 2 is 2.00 bits per heavy atom. The molecule has 0 aliphatic heterocycles. The smallest absolute Gasteiger partial charge is 0.223 e. The maximum Gasteiger partial charge on any atom is 0.385 e. The highest BCUT2D eigenvalue weighted by Crippen LogP contribution is 2.14. The fraction of sp³-hybridized carbons (Fsp3) is 0. The van der Waals surface area contributed by atoms with Gasteiger partial charge in [0.25, 0.3) is 0 Å². The van der Waals surface area contributed by atoms with Crippen molar-refractivity contribution in [2.75, 3.05) is 0 Å². The van der Waals surface area contributed by atoms with Crippen LogP contribution in [-0.4, -0.2) is 14.8 Å². The second kappa shape index (κ2) is 3.03. The first-order chi connectivity index (χ1) is 6.40. The fourth-order valence-corrected chi connectivity index (χ4v) is 1.01. The Hall–Kier alpha value is -2.22. The van der Waals surface area contributed by atoms with E-state index in [1.54, 1.807) is 35.3 Å². The van der Waals surface area contributed by atoms with Crippen LogP contribution in [0.3, 0.4) is 0 Å². The lowest BCUT2D eigenvalue weighted by atomic mass is 10.3. The van der Waals surface area contributed by atoms with E-state index in [4.69, 9.17) is 5.39 Å². The highest BCUT2D eigenvalue weighted by molar-refractivity contribution is 5.48. The molecule has 5 heteroatoms. The van der Waals surface area contributed by atoms with Crippen LogP contribution >= 0.6 is 0 Å². The van der Waals surface area contributed by atoms with E-state index < -0.39 is 0 Å². The summed E-state index contributed by atoms with van der Waals surface area (Å²) in [5.74, 6) is 0. The molecule has 0 saturated heterocycles. The highest BCUT2D eigenvalue weighted by atomic mass is 15.3. The third kappa shape index (κ3) is 1.37. The Kier molecular flexibility index (Phi) is 1.73. The first-order valence-corrected chi connectivity index (χ1v) is 3.70. The van der Waals surface area contributed by atoms with Crippen molar-refractivity contribution < 1.29 is 0 Å². The predicted octanol–water partition coefficient (Wildman–Crippen LogP) is 1.75. The van der Waals surface area contributed by atoms with Crippen molar-refractivity contribution in [1.82, 2.24) is 14.8 Å². The summed E-state index contributed by atoms with van der Waals surface area (Å²) in [7, 11) is 0. The van der Waals surface area contributed by atoms with Gasteiger partial charge in [-0.3, -0.25) is 0 Å². The summed E-state index contributed by atoms with van der Waals surface area (Å²) in [6.45, 7) is 0. The first-order valence-electron chi connectivity index (χ1n) is 3.70. The van der Waals surface area contributed by atoms with Crippen molar-refractivity contribution in [3.8, 4) is 5.69 Å². The standard InChI is InChI=1S/C8H6N5/c9-12-7-1-3-8(4-2-7)13-6-10-5-11-13/h1-6H/q+1. The number of benzene rings is 1. The summed E-state index contributed by atoms with van der Waals surface area (Å²) in [6, 6.07) is 6.97. The van der Waals surface area contributed by atoms with Gasteiger partial charge in [0.15, 0.2) is 4.98 Å². The van der Waals surface area contributed by atoms with E-state index in [9.17, 15) is 0 Å². The molecule has 0 unspecified atom stereocenters. The Morgan fingerprint density at radius 1 is 1.23 bits per heavy atom. The fourth-order valence-electron chi connectivity index (χ4n) is 1.01. The van der Waals surface area contributed by atoms with Gasteiger partial charge in [0.1, 0.15) is 12.7 Å². The van der Waals surface area contributed by atoms with Gasteiger partial charge in [0, 0.05) is 12.1 Å². The van der Waals surface area contributed by atoms with E-state index in [0.29, 0.717) is 5.69 Å². The summed E-state index contributed by atoms with van der Waals surface area (Å²) in [4.78, 5) is 6.87. The zero-order valence-corrected chi connectivity index (χ0v) is 6.70. The van der Waals surface area contributed by atoms with Gasteiger partial charge >= 0.3 is 5.69 Å². The molecule has 0 bridgehead atoms. The normalized spacial score (nSPS) is 9.46. The average Bonchev–Trinajstić information content (AvgIpc) is 2.71. The summed E-state index contributed by atoms with van der Waals surface area (Å²) >= 11 is 0. The molecule has 1 aromatic heterocycles. The van der Waals surface area contributed by atoms with Crippen molar-refractivity contribution in [2.45, 2.75) is 0 Å². The van der Waals surface area contributed by atoms with Gasteiger partial charge in [-0.1, -0.05) is 0 Å². The molecule has 62 valence electrons. The SMILES string of the molecule is N#[N+]c1ccc(-n2cncn2)cc1. The van der Waals surface area contributed by atoms with Crippen LogP contribution in [0.2, 0.25) is 0 Å². The van der Waals surface area contributed by atoms with Crippen LogP contribution in [0.1, 0.15) is 0 Å². The van der Waals surface area contributed by atoms with Crippen LogP contribution in [0.4, 0.5) is 5.69 Å². The van der Waals surface area contributed by atoms with Crippen LogP contribution in [0, 0.1) is 5.39 Å². The Balaban J connectivity index is 2.40. The van der Waals surface area contributed by atoms with E-state index in [1.807, 2.05) is 0 Å². The van der Waals surface area contributed by atoms with Gasteiger partial charge in [-0.05, 0) is 12.1 Å². The molecule has 0 amide bonds. The van der Waals surface area contributed by atoms with Gasteiger partial charge in [-0.2, -0.15) is 5.10 Å². The number of hydrogen-bond acceptors (Lipinski definition) is 3. The third-order valence-corrected chi connectivity index (χ3v) is 1.65. The molecule has 2 aromatic rings. The van der Waals surface area contributed by atoms with E-state index in [2.05, 4.69) is 15.1 Å². The molecule has 0 fully saturated rings. The molecule has 2 rings (SSSR count). The lowest BCUT2D eigenvalue weighted by molar-refractivity contribution is 0.879. The number of aromatic nitrogens is 3. The van der Waals surface area contributed by atoms with Crippen LogP contribution in [-0.2, 0) is 0 Å². The van der Waals surface area contributed by atoms with E-state index in [1.165, 1.54) is 6.33 Å². The number of rotatable bonds is 1. The van der Waals surface area contributed by atoms with Crippen LogP contribution in [0.25, 0.3) is 10.7 Å². The van der Waals surface area contributed by atoms with Gasteiger partial charge < -0.3 is 0 Å². The topological polar surface area (TPSA) is 58.9 Å². The molecule has 0 atom stereocenters. The molecular formula is C8H6N5+. The minimum atomic E-state index is 0.517. The van der Waals surface area contributed by atoms with Crippen molar-refractivity contribution in [3.63, 3.8) is 0 Å². The van der Waals surface area contributed by atoms with Gasteiger partial charge in [0.05, 0.1) is 5.69 Å². The van der Waals surface area contributed by atoms with Gasteiger partial charge in [-0.15, -0.1) is 0 Å². The lowest BCUT2D eigenvalue weighted by Gasteiger charge is -1.95. The summed E-state index contributed by atoms with van der Waals surface area (Å²) in [6.07, 6.45) is 3.06. The molecule has 0 N–H and O–H groups in total. The predicted molar refractivity (Wildman–Crippen MR) is 46.1 cm³/mol. The Bertz CT molecular complexity index is 423. The van der Waals surface area contributed by atoms with Crippen molar-refractivity contribution in [3.05, 3.63) is 41.9 Å². The minimum Gasteiger partial charge on any atom is -0.223 e. The zero-order chi connectivity index (χ0) is 9.10. The molecule has 0 saturated carbocycles. The Labute approximate surface area is 74.3 Å². The van der Waals surface area contributed by atoms with Gasteiger partial charge in [0.2, 0.25) is 5.39 Å². The van der Waals surface area contributed by atoms with Crippen molar-refractivity contribution in [2.24, 2.45) is 0 Å². The van der Waals surface area contributed by atoms with Crippen LogP contribution in [0.5, 0.6) is 0 Å². The Morgan fingerprint density at radius 3 is 2.54 bits per heavy atom. The second-order valence-electron chi connectivity index (χ2n) is 2.46. The van der Waals surface area contributed by atoms with E-state index >= 15 is 0 Å². The van der Waals surface area contributed by atoms with Crippen molar-refractivity contribution >= 4 is 5.69 Å². The molecule has 0 spiro atoms. The number of diazo groups is 1. The summed E-state index contributed by atoms with van der Waals surface area (Å²) in [5.41, 5.74) is 1.40. The van der Waals surface area contributed by atoms with E-state index in [0.717, 1.165) is 5.69 Å². The monoisotopic (exact) mass is 172 g/mol. The molecule has 5 nitrogen and oxygen atoms in total. The summed E-state index contributed by atoms with van der Waals surface area (Å²) in [5, 5.41) is 12.4. The molecule has 0 aliphatic rings. The maximum absolute atomic E-state index is 8.45.